The molecule has 0 aromatic carbocycles. The van der Waals surface area contributed by atoms with Crippen LogP contribution in [0.1, 0.15) is 0 Å². The fraction of sp³-hybridized carbons (Fsp3) is 0. The summed E-state index contributed by atoms with van der Waals surface area (Å²) in [6, 6.07) is 0. The van der Waals surface area contributed by atoms with Crippen molar-refractivity contribution in [2.45, 2.75) is 0 Å². The zero-order valence-corrected chi connectivity index (χ0v) is 9.33. The van der Waals surface area contributed by atoms with Gasteiger partial charge in [0.2, 0.25) is 0 Å². The molecule has 0 unspecified atom stereocenters. The summed E-state index contributed by atoms with van der Waals surface area (Å²) in [5.41, 5.74) is 15.0. The Labute approximate surface area is 105 Å². The molecule has 0 saturated heterocycles. The first kappa shape index (κ1) is 18.3. The number of allylic oxidation sites excluding steroid dienone is 4. The summed E-state index contributed by atoms with van der Waals surface area (Å²) in [5, 5.41) is 0. The van der Waals surface area contributed by atoms with Crippen molar-refractivity contribution in [3.8, 4) is 0 Å². The smallest absolute Gasteiger partial charge is 1.00 e. The molecule has 58 valence electrons. The normalized spacial score (nSPS) is 8.62. The summed E-state index contributed by atoms with van der Waals surface area (Å²) in [6.07, 6.45) is 10.0. The van der Waals surface area contributed by atoms with Gasteiger partial charge in [0, 0.05) is 0 Å². The Balaban J connectivity index is -0.000000125. The standard InChI is InChI=1S/2C5.2ClH.Ti/c2*1-2-4-5-3-1;;;/h;;2*1H;/q2*-1;;;+4/p-2. The summed E-state index contributed by atoms with van der Waals surface area (Å²) in [5.74, 6) is 0. The summed E-state index contributed by atoms with van der Waals surface area (Å²) in [4.78, 5) is 0. The van der Waals surface area contributed by atoms with E-state index in [4.69, 9.17) is 0 Å². The molecule has 0 N–H and O–H groups in total. The molecule has 0 bridgehead atoms. The van der Waals surface area contributed by atoms with E-state index in [9.17, 15) is 0 Å². The number of hydrogen-bond acceptors (Lipinski definition) is 0. The van der Waals surface area contributed by atoms with Crippen LogP contribution < -0.4 is 24.8 Å². The van der Waals surface area contributed by atoms with Gasteiger partial charge in [-0.15, -0.1) is 24.3 Å². The SMILES string of the molecule is [C]1=C=C=C=[C-]1.[C]1=C=C=C=[C-]1.[Cl-].[Cl-].[Ti+4]. The van der Waals surface area contributed by atoms with Gasteiger partial charge in [-0.3, -0.25) is 22.9 Å². The number of halogens is 2. The zero-order valence-electron chi connectivity index (χ0n) is 6.26. The van der Waals surface area contributed by atoms with E-state index in [-0.39, 0.29) is 46.5 Å². The van der Waals surface area contributed by atoms with Crippen LogP contribution in [0.15, 0.2) is 34.4 Å². The Bertz CT molecular complexity index is 311. The molecule has 2 aliphatic carbocycles. The van der Waals surface area contributed by atoms with Crippen molar-refractivity contribution in [2.75, 3.05) is 0 Å². The van der Waals surface area contributed by atoms with Crippen LogP contribution in [0.2, 0.25) is 0 Å². The minimum atomic E-state index is 0. The Morgan fingerprint density at radius 3 is 1.08 bits per heavy atom. The van der Waals surface area contributed by atoms with E-state index in [0.29, 0.717) is 0 Å². The second-order valence-electron chi connectivity index (χ2n) is 1.25. The second kappa shape index (κ2) is 14.0. The van der Waals surface area contributed by atoms with E-state index in [1.807, 2.05) is 0 Å². The van der Waals surface area contributed by atoms with Gasteiger partial charge in [-0.1, -0.05) is 0 Å². The van der Waals surface area contributed by atoms with Crippen molar-refractivity contribution >= 4 is 0 Å². The second-order valence-corrected chi connectivity index (χ2v) is 1.25. The van der Waals surface area contributed by atoms with E-state index in [1.54, 1.807) is 0 Å². The van der Waals surface area contributed by atoms with Gasteiger partial charge in [-0.2, -0.15) is 0 Å². The molecule has 2 aliphatic rings. The Kier molecular flexibility index (Phi) is 19.7. The molecule has 0 heterocycles. The van der Waals surface area contributed by atoms with Gasteiger partial charge in [-0.05, 0) is 0 Å². The first-order valence-corrected chi connectivity index (χ1v) is 2.50. The van der Waals surface area contributed by atoms with Crippen LogP contribution in [-0.4, -0.2) is 0 Å². The van der Waals surface area contributed by atoms with Gasteiger partial charge in [-0.25, -0.2) is 11.5 Å². The van der Waals surface area contributed by atoms with Gasteiger partial charge in [0.25, 0.3) is 0 Å². The zero-order chi connectivity index (χ0) is 7.07. The third-order valence-electron chi connectivity index (χ3n) is 0.625. The Hall–Kier alpha value is -0.546. The van der Waals surface area contributed by atoms with E-state index < -0.39 is 0 Å². The predicted molar refractivity (Wildman–Crippen MR) is 34.0 cm³/mol. The van der Waals surface area contributed by atoms with Crippen LogP contribution in [0, 0.1) is 24.3 Å². The topological polar surface area (TPSA) is 0 Å². The first-order chi connectivity index (χ1) is 5.00. The molecule has 0 aliphatic heterocycles. The largest absolute Gasteiger partial charge is 4.00 e. The van der Waals surface area contributed by atoms with Gasteiger partial charge in [0.15, 0.2) is 0 Å². The van der Waals surface area contributed by atoms with Gasteiger partial charge in [0.1, 0.15) is 0 Å². The van der Waals surface area contributed by atoms with E-state index in [2.05, 4.69) is 58.7 Å². The molecule has 0 atom stereocenters. The monoisotopic (exact) mass is 238 g/mol. The van der Waals surface area contributed by atoms with Gasteiger partial charge < -0.3 is 24.8 Å². The molecule has 3 heteroatoms. The Morgan fingerprint density at radius 1 is 0.615 bits per heavy atom. The molecule has 2 radical (unpaired) electrons. The van der Waals surface area contributed by atoms with Gasteiger partial charge in [0.05, 0.1) is 0 Å². The summed E-state index contributed by atoms with van der Waals surface area (Å²) >= 11 is 0. The molecule has 0 nitrogen and oxygen atoms in total. The first-order valence-electron chi connectivity index (χ1n) is 2.50. The van der Waals surface area contributed by atoms with Crippen molar-refractivity contribution in [1.82, 2.24) is 0 Å². The minimum absolute atomic E-state index is 0. The molecule has 0 spiro atoms. The van der Waals surface area contributed by atoms with Crippen LogP contribution in [0.4, 0.5) is 0 Å². The van der Waals surface area contributed by atoms with Crippen LogP contribution in [0.3, 0.4) is 0 Å². The molecule has 2 rings (SSSR count). The molecule has 0 fully saturated rings. The third-order valence-corrected chi connectivity index (χ3v) is 0.625. The van der Waals surface area contributed by atoms with Crippen molar-refractivity contribution in [3.05, 3.63) is 58.7 Å². The summed E-state index contributed by atoms with van der Waals surface area (Å²) < 4.78 is 0. The molecule has 0 aromatic heterocycles. The van der Waals surface area contributed by atoms with E-state index >= 15 is 0 Å². The van der Waals surface area contributed by atoms with Crippen LogP contribution in [0.5, 0.6) is 0 Å². The number of hydrogen-bond donors (Lipinski definition) is 0. The minimum Gasteiger partial charge on any atom is -1.00 e. The molecule has 0 amide bonds. The summed E-state index contributed by atoms with van der Waals surface area (Å²) in [6.45, 7) is 0. The van der Waals surface area contributed by atoms with E-state index in [1.165, 1.54) is 0 Å². The van der Waals surface area contributed by atoms with Crippen molar-refractivity contribution in [2.24, 2.45) is 0 Å². The van der Waals surface area contributed by atoms with Crippen molar-refractivity contribution in [3.63, 3.8) is 0 Å². The van der Waals surface area contributed by atoms with E-state index in [0.717, 1.165) is 0 Å². The quantitative estimate of drug-likeness (QED) is 0.226. The maximum absolute atomic E-state index is 2.50. The maximum atomic E-state index is 2.50. The average Bonchev–Trinajstić information content (AvgIpc) is 2.67. The van der Waals surface area contributed by atoms with Crippen LogP contribution >= 0.6 is 0 Å². The molecular formula is C10Cl2Ti. The Morgan fingerprint density at radius 2 is 1.00 bits per heavy atom. The van der Waals surface area contributed by atoms with Crippen LogP contribution in [-0.2, 0) is 21.7 Å². The number of rotatable bonds is 0. The predicted octanol–water partition coefficient (Wildman–Crippen LogP) is -4.74. The molecule has 0 aromatic rings. The van der Waals surface area contributed by atoms with Crippen LogP contribution in [0.25, 0.3) is 0 Å². The molecule has 13 heavy (non-hydrogen) atoms. The van der Waals surface area contributed by atoms with Gasteiger partial charge >= 0.3 is 21.7 Å². The van der Waals surface area contributed by atoms with Crippen molar-refractivity contribution < 1.29 is 46.5 Å². The third kappa shape index (κ3) is 11.5. The fourth-order valence-electron chi connectivity index (χ4n) is 0.312. The fourth-order valence-corrected chi connectivity index (χ4v) is 0.312. The maximum Gasteiger partial charge on any atom is 4.00 e. The molecular weight excluding hydrogens is 239 g/mol. The summed E-state index contributed by atoms with van der Waals surface area (Å²) in [7, 11) is 0. The average molecular weight is 239 g/mol. The molecule has 0 saturated carbocycles. The van der Waals surface area contributed by atoms with Crippen molar-refractivity contribution in [1.29, 1.82) is 0 Å².